The van der Waals surface area contributed by atoms with Gasteiger partial charge in [0.25, 0.3) is 0 Å². The van der Waals surface area contributed by atoms with Gasteiger partial charge in [0.05, 0.1) is 6.04 Å². The van der Waals surface area contributed by atoms with Gasteiger partial charge in [-0.25, -0.2) is 0 Å². The summed E-state index contributed by atoms with van der Waals surface area (Å²) in [5, 5.41) is 0. The van der Waals surface area contributed by atoms with Crippen LogP contribution in [0.25, 0.3) is 0 Å². The van der Waals surface area contributed by atoms with Crippen LogP contribution in [0.5, 0.6) is 0 Å². The first-order valence-corrected chi connectivity index (χ1v) is 9.63. The van der Waals surface area contributed by atoms with Crippen molar-refractivity contribution in [2.75, 3.05) is 39.3 Å². The second kappa shape index (κ2) is 7.83. The third-order valence-electron chi connectivity index (χ3n) is 6.01. The second-order valence-corrected chi connectivity index (χ2v) is 7.69. The smallest absolute Gasteiger partial charge is 0.239 e. The molecule has 2 aliphatic heterocycles. The number of carbonyl (C=O) groups excluding carboxylic acids is 2. The van der Waals surface area contributed by atoms with Crippen LogP contribution < -0.4 is 5.73 Å². The van der Waals surface area contributed by atoms with Gasteiger partial charge >= 0.3 is 0 Å². The van der Waals surface area contributed by atoms with Gasteiger partial charge in [0.2, 0.25) is 11.8 Å². The van der Waals surface area contributed by atoms with Gasteiger partial charge in [-0.3, -0.25) is 14.5 Å². The van der Waals surface area contributed by atoms with Gasteiger partial charge in [-0.2, -0.15) is 0 Å². The van der Waals surface area contributed by atoms with E-state index in [0.717, 1.165) is 77.8 Å². The Hall–Kier alpha value is -1.14. The van der Waals surface area contributed by atoms with Gasteiger partial charge in [-0.15, -0.1) is 0 Å². The zero-order valence-corrected chi connectivity index (χ0v) is 15.0. The average molecular weight is 336 g/mol. The Morgan fingerprint density at radius 1 is 0.917 bits per heavy atom. The van der Waals surface area contributed by atoms with Gasteiger partial charge in [0.15, 0.2) is 0 Å². The highest BCUT2D eigenvalue weighted by Crippen LogP contribution is 2.25. The molecule has 0 radical (unpaired) electrons. The molecule has 24 heavy (non-hydrogen) atoms. The van der Waals surface area contributed by atoms with E-state index >= 15 is 0 Å². The summed E-state index contributed by atoms with van der Waals surface area (Å²) in [5.41, 5.74) is 6.03. The van der Waals surface area contributed by atoms with E-state index in [-0.39, 0.29) is 29.8 Å². The van der Waals surface area contributed by atoms with Gasteiger partial charge < -0.3 is 15.5 Å². The monoisotopic (exact) mass is 336 g/mol. The lowest BCUT2D eigenvalue weighted by Crippen LogP contribution is -2.56. The van der Waals surface area contributed by atoms with Crippen molar-refractivity contribution < 1.29 is 9.59 Å². The van der Waals surface area contributed by atoms with Crippen LogP contribution in [-0.4, -0.2) is 77.9 Å². The molecule has 6 heteroatoms. The standard InChI is InChI=1S/C18H32N4O2/c1-14(17(23)21-7-2-3-8-21)20-9-11-22(12-10-20)18(24)15-5-4-6-16(19)13-15/h14-16H,2-13,19H2,1H3. The molecule has 3 rings (SSSR count). The Labute approximate surface area is 145 Å². The summed E-state index contributed by atoms with van der Waals surface area (Å²) in [6.07, 6.45) is 6.20. The van der Waals surface area contributed by atoms with Crippen molar-refractivity contribution in [2.24, 2.45) is 11.7 Å². The first-order valence-electron chi connectivity index (χ1n) is 9.63. The minimum Gasteiger partial charge on any atom is -0.341 e. The maximum atomic E-state index is 12.7. The largest absolute Gasteiger partial charge is 0.341 e. The average Bonchev–Trinajstić information content (AvgIpc) is 3.14. The number of nitrogens with zero attached hydrogens (tertiary/aromatic N) is 3. The Bertz CT molecular complexity index is 456. The molecular formula is C18H32N4O2. The van der Waals surface area contributed by atoms with E-state index in [1.54, 1.807) is 0 Å². The summed E-state index contributed by atoms with van der Waals surface area (Å²) < 4.78 is 0. The molecule has 0 bridgehead atoms. The zero-order chi connectivity index (χ0) is 17.1. The van der Waals surface area contributed by atoms with E-state index in [2.05, 4.69) is 4.90 Å². The third-order valence-corrected chi connectivity index (χ3v) is 6.01. The van der Waals surface area contributed by atoms with Crippen molar-refractivity contribution in [3.63, 3.8) is 0 Å². The lowest BCUT2D eigenvalue weighted by molar-refractivity contribution is -0.140. The quantitative estimate of drug-likeness (QED) is 0.822. The van der Waals surface area contributed by atoms with E-state index < -0.39 is 0 Å². The number of hydrogen-bond donors (Lipinski definition) is 1. The van der Waals surface area contributed by atoms with Crippen LogP contribution in [0.4, 0.5) is 0 Å². The van der Waals surface area contributed by atoms with Crippen LogP contribution >= 0.6 is 0 Å². The van der Waals surface area contributed by atoms with Gasteiger partial charge in [-0.05, 0) is 39.0 Å². The summed E-state index contributed by atoms with van der Waals surface area (Å²) in [4.78, 5) is 31.4. The van der Waals surface area contributed by atoms with Crippen LogP contribution in [0.1, 0.15) is 45.4 Å². The molecule has 3 unspecified atom stereocenters. The summed E-state index contributed by atoms with van der Waals surface area (Å²) in [6.45, 7) is 6.90. The predicted molar refractivity (Wildman–Crippen MR) is 93.4 cm³/mol. The number of nitrogens with two attached hydrogens (primary N) is 1. The number of likely N-dealkylation sites (tertiary alicyclic amines) is 1. The fourth-order valence-electron chi connectivity index (χ4n) is 4.40. The minimum absolute atomic E-state index is 0.0662. The molecule has 3 atom stereocenters. The van der Waals surface area contributed by atoms with Crippen LogP contribution in [-0.2, 0) is 9.59 Å². The molecule has 3 fully saturated rings. The van der Waals surface area contributed by atoms with Crippen molar-refractivity contribution >= 4 is 11.8 Å². The normalized spacial score (nSPS) is 30.4. The van der Waals surface area contributed by atoms with Gasteiger partial charge in [0.1, 0.15) is 0 Å². The van der Waals surface area contributed by atoms with Crippen molar-refractivity contribution in [3.05, 3.63) is 0 Å². The lowest BCUT2D eigenvalue weighted by atomic mass is 9.85. The molecule has 0 aromatic rings. The molecule has 136 valence electrons. The molecule has 0 aromatic carbocycles. The number of piperazine rings is 1. The molecule has 0 spiro atoms. The first-order chi connectivity index (χ1) is 11.6. The number of hydrogen-bond acceptors (Lipinski definition) is 4. The van der Waals surface area contributed by atoms with Crippen LogP contribution in [0.15, 0.2) is 0 Å². The fourth-order valence-corrected chi connectivity index (χ4v) is 4.40. The van der Waals surface area contributed by atoms with Crippen LogP contribution in [0, 0.1) is 5.92 Å². The molecular weight excluding hydrogens is 304 g/mol. The number of rotatable bonds is 3. The Kier molecular flexibility index (Phi) is 5.76. The highest BCUT2D eigenvalue weighted by molar-refractivity contribution is 5.82. The lowest BCUT2D eigenvalue weighted by Gasteiger charge is -2.40. The van der Waals surface area contributed by atoms with Crippen molar-refractivity contribution in [1.29, 1.82) is 0 Å². The van der Waals surface area contributed by atoms with E-state index in [4.69, 9.17) is 5.73 Å². The maximum Gasteiger partial charge on any atom is 0.239 e. The van der Waals surface area contributed by atoms with Crippen LogP contribution in [0.3, 0.4) is 0 Å². The molecule has 1 aliphatic carbocycles. The summed E-state index contributed by atoms with van der Waals surface area (Å²) in [6, 6.07) is 0.121. The molecule has 0 aromatic heterocycles. The topological polar surface area (TPSA) is 69.9 Å². The maximum absolute atomic E-state index is 12.7. The van der Waals surface area contributed by atoms with Crippen molar-refractivity contribution in [3.8, 4) is 0 Å². The fraction of sp³-hybridized carbons (Fsp3) is 0.889. The minimum atomic E-state index is -0.0662. The van der Waals surface area contributed by atoms with E-state index in [1.807, 2.05) is 16.7 Å². The zero-order valence-electron chi connectivity index (χ0n) is 15.0. The summed E-state index contributed by atoms with van der Waals surface area (Å²) in [7, 11) is 0. The van der Waals surface area contributed by atoms with Crippen LogP contribution in [0.2, 0.25) is 0 Å². The molecule has 2 heterocycles. The van der Waals surface area contributed by atoms with E-state index in [9.17, 15) is 9.59 Å². The molecule has 2 saturated heterocycles. The summed E-state index contributed by atoms with van der Waals surface area (Å²) in [5.74, 6) is 0.651. The molecule has 6 nitrogen and oxygen atoms in total. The van der Waals surface area contributed by atoms with Crippen molar-refractivity contribution in [2.45, 2.75) is 57.5 Å². The van der Waals surface area contributed by atoms with Gasteiger partial charge in [0, 0.05) is 51.2 Å². The predicted octanol–water partition coefficient (Wildman–Crippen LogP) is 0.659. The van der Waals surface area contributed by atoms with E-state index in [0.29, 0.717) is 0 Å². The molecule has 2 N–H and O–H groups in total. The number of amides is 2. The Balaban J connectivity index is 1.48. The second-order valence-electron chi connectivity index (χ2n) is 7.69. The number of carbonyl (C=O) groups is 2. The third kappa shape index (κ3) is 3.91. The first kappa shape index (κ1) is 17.7. The van der Waals surface area contributed by atoms with E-state index in [1.165, 1.54) is 0 Å². The molecule has 3 aliphatic rings. The molecule has 1 saturated carbocycles. The highest BCUT2D eigenvalue weighted by atomic mass is 16.2. The SMILES string of the molecule is CC(C(=O)N1CCCC1)N1CCN(C(=O)C2CCCC(N)C2)CC1. The summed E-state index contributed by atoms with van der Waals surface area (Å²) >= 11 is 0. The Morgan fingerprint density at radius 2 is 1.58 bits per heavy atom. The molecule has 2 amide bonds. The van der Waals surface area contributed by atoms with Crippen molar-refractivity contribution in [1.82, 2.24) is 14.7 Å². The van der Waals surface area contributed by atoms with Gasteiger partial charge in [-0.1, -0.05) is 6.42 Å². The Morgan fingerprint density at radius 3 is 2.21 bits per heavy atom. The highest BCUT2D eigenvalue weighted by Gasteiger charge is 2.33.